The zero-order chi connectivity index (χ0) is 18.7. The highest BCUT2D eigenvalue weighted by molar-refractivity contribution is 7.89. The molecule has 0 spiro atoms. The summed E-state index contributed by atoms with van der Waals surface area (Å²) in [6.45, 7) is 2.25. The predicted molar refractivity (Wildman–Crippen MR) is 76.5 cm³/mol. The fraction of sp³-hybridized carbons (Fsp3) is 0.846. The van der Waals surface area contributed by atoms with Gasteiger partial charge in [-0.2, -0.15) is 17.5 Å². The second kappa shape index (κ2) is 7.68. The normalized spacial score (nSPS) is 24.4. The number of hydrogen-bond donors (Lipinski definition) is 1. The molecule has 1 N–H and O–H groups in total. The third-order valence-corrected chi connectivity index (χ3v) is 6.28. The number of alkyl halides is 3. The number of piperidine rings is 1. The third-order valence-electron chi connectivity index (χ3n) is 3.96. The number of aliphatic carboxylic acids is 1. The van der Waals surface area contributed by atoms with Crippen molar-refractivity contribution in [3.63, 3.8) is 0 Å². The van der Waals surface area contributed by atoms with Crippen molar-refractivity contribution in [2.75, 3.05) is 13.2 Å². The number of sulfonamides is 1. The number of ether oxygens (including phenoxy) is 1. The van der Waals surface area contributed by atoms with Gasteiger partial charge in [0, 0.05) is 12.6 Å². The second-order valence-electron chi connectivity index (χ2n) is 5.52. The van der Waals surface area contributed by atoms with Gasteiger partial charge >= 0.3 is 18.1 Å². The molecule has 0 amide bonds. The van der Waals surface area contributed by atoms with E-state index in [1.807, 2.05) is 0 Å². The molecular formula is C13H20F3NO6S. The molecular weight excluding hydrogens is 355 g/mol. The zero-order valence-corrected chi connectivity index (χ0v) is 14.1. The van der Waals surface area contributed by atoms with Crippen LogP contribution in [0.2, 0.25) is 0 Å². The Morgan fingerprint density at radius 3 is 2.42 bits per heavy atom. The van der Waals surface area contributed by atoms with Gasteiger partial charge in [0.15, 0.2) is 5.25 Å². The number of rotatable bonds is 6. The summed E-state index contributed by atoms with van der Waals surface area (Å²) in [6.07, 6.45) is -6.23. The highest BCUT2D eigenvalue weighted by Gasteiger charge is 2.54. The third kappa shape index (κ3) is 4.59. The van der Waals surface area contributed by atoms with Gasteiger partial charge in [0.1, 0.15) is 0 Å². The Bertz CT molecular complexity index is 577. The van der Waals surface area contributed by atoms with Gasteiger partial charge in [-0.15, -0.1) is 0 Å². The molecule has 0 aliphatic carbocycles. The molecule has 3 atom stereocenters. The minimum atomic E-state index is -5.18. The molecule has 1 heterocycles. The first-order valence-corrected chi connectivity index (χ1v) is 8.89. The number of nitrogens with zero attached hydrogens (tertiary/aromatic N) is 1. The summed E-state index contributed by atoms with van der Waals surface area (Å²) in [5, 5.41) is 6.13. The molecule has 1 rings (SSSR count). The monoisotopic (exact) mass is 375 g/mol. The lowest BCUT2D eigenvalue weighted by atomic mass is 9.92. The highest BCUT2D eigenvalue weighted by atomic mass is 32.2. The Morgan fingerprint density at radius 1 is 1.38 bits per heavy atom. The minimum Gasteiger partial charge on any atom is -0.481 e. The molecule has 1 saturated heterocycles. The molecule has 1 unspecified atom stereocenters. The number of carboxylic acid groups (broad SMARTS) is 1. The molecule has 1 aliphatic heterocycles. The maximum Gasteiger partial charge on any atom is 0.407 e. The minimum absolute atomic E-state index is 0.129. The van der Waals surface area contributed by atoms with Gasteiger partial charge in [0.2, 0.25) is 10.0 Å². The lowest BCUT2D eigenvalue weighted by molar-refractivity contribution is -0.155. The van der Waals surface area contributed by atoms with E-state index in [1.165, 1.54) is 13.8 Å². The van der Waals surface area contributed by atoms with Crippen LogP contribution in [0.5, 0.6) is 0 Å². The summed E-state index contributed by atoms with van der Waals surface area (Å²) in [4.78, 5) is 22.5. The summed E-state index contributed by atoms with van der Waals surface area (Å²) < 4.78 is 69.6. The van der Waals surface area contributed by atoms with E-state index in [-0.39, 0.29) is 26.0 Å². The van der Waals surface area contributed by atoms with E-state index in [4.69, 9.17) is 5.11 Å². The molecule has 7 nitrogen and oxygen atoms in total. The van der Waals surface area contributed by atoms with Crippen LogP contribution in [-0.2, 0) is 24.3 Å². The van der Waals surface area contributed by atoms with E-state index in [2.05, 4.69) is 4.74 Å². The second-order valence-corrected chi connectivity index (χ2v) is 7.59. The Morgan fingerprint density at radius 2 is 1.96 bits per heavy atom. The first kappa shape index (κ1) is 20.7. The van der Waals surface area contributed by atoms with Crippen molar-refractivity contribution in [3.8, 4) is 0 Å². The van der Waals surface area contributed by atoms with Crippen LogP contribution in [0.15, 0.2) is 0 Å². The number of hydrogen-bond acceptors (Lipinski definition) is 5. The van der Waals surface area contributed by atoms with Crippen LogP contribution in [0, 0.1) is 5.92 Å². The van der Waals surface area contributed by atoms with Gasteiger partial charge in [0.25, 0.3) is 0 Å². The van der Waals surface area contributed by atoms with Crippen LogP contribution in [0.4, 0.5) is 13.2 Å². The van der Waals surface area contributed by atoms with E-state index in [0.29, 0.717) is 4.31 Å². The lowest BCUT2D eigenvalue weighted by Crippen LogP contribution is -2.55. The number of carbonyl (C=O) groups is 2. The summed E-state index contributed by atoms with van der Waals surface area (Å²) in [5.74, 6) is -3.63. The fourth-order valence-electron chi connectivity index (χ4n) is 2.73. The van der Waals surface area contributed by atoms with Crippen LogP contribution < -0.4 is 0 Å². The summed E-state index contributed by atoms with van der Waals surface area (Å²) in [5.41, 5.74) is 0. The summed E-state index contributed by atoms with van der Waals surface area (Å²) in [6, 6.07) is -1.13. The zero-order valence-electron chi connectivity index (χ0n) is 13.2. The Hall–Kier alpha value is -1.36. The highest BCUT2D eigenvalue weighted by Crippen LogP contribution is 2.35. The van der Waals surface area contributed by atoms with E-state index in [0.717, 1.165) is 0 Å². The molecule has 0 aromatic carbocycles. The molecule has 11 heteroatoms. The quantitative estimate of drug-likeness (QED) is 0.704. The molecule has 0 bridgehead atoms. The van der Waals surface area contributed by atoms with Crippen molar-refractivity contribution >= 4 is 22.0 Å². The van der Waals surface area contributed by atoms with Crippen molar-refractivity contribution in [2.24, 2.45) is 5.92 Å². The van der Waals surface area contributed by atoms with Gasteiger partial charge < -0.3 is 9.84 Å². The van der Waals surface area contributed by atoms with Crippen molar-refractivity contribution < 1.29 is 41.0 Å². The standard InChI is InChI=1S/C13H20F3NO6S/c1-3-23-11(18)7-10(13(14,15)16)24(21,22)17-6-4-5-9(8(17)2)12(19)20/h8-10H,3-7H2,1-2H3,(H,19,20)/t8-,9-,10?/m0/s1. The summed E-state index contributed by atoms with van der Waals surface area (Å²) >= 11 is 0. The van der Waals surface area contributed by atoms with E-state index in [1.54, 1.807) is 0 Å². The average Bonchev–Trinajstić information content (AvgIpc) is 2.43. The van der Waals surface area contributed by atoms with Gasteiger partial charge in [-0.05, 0) is 26.7 Å². The van der Waals surface area contributed by atoms with E-state index in [9.17, 15) is 31.2 Å². The van der Waals surface area contributed by atoms with Crippen LogP contribution >= 0.6 is 0 Å². The predicted octanol–water partition coefficient (Wildman–Crippen LogP) is 1.39. The number of carbonyl (C=O) groups excluding carboxylic acids is 1. The van der Waals surface area contributed by atoms with Gasteiger partial charge in [-0.3, -0.25) is 9.59 Å². The SMILES string of the molecule is CCOC(=O)CC(C(F)(F)F)S(=O)(=O)N1CCC[C@H](C(=O)O)[C@@H]1C. The van der Waals surface area contributed by atoms with Crippen LogP contribution in [0.3, 0.4) is 0 Å². The van der Waals surface area contributed by atoms with E-state index < -0.39 is 51.8 Å². The van der Waals surface area contributed by atoms with Crippen LogP contribution in [0.1, 0.15) is 33.1 Å². The molecule has 0 aromatic rings. The van der Waals surface area contributed by atoms with Crippen LogP contribution in [0.25, 0.3) is 0 Å². The average molecular weight is 375 g/mol. The van der Waals surface area contributed by atoms with Gasteiger partial charge in [-0.25, -0.2) is 8.42 Å². The molecule has 0 saturated carbocycles. The Kier molecular flexibility index (Phi) is 6.62. The maximum absolute atomic E-state index is 13.2. The molecule has 1 aliphatic rings. The Labute approximate surface area is 137 Å². The molecule has 0 radical (unpaired) electrons. The van der Waals surface area contributed by atoms with E-state index >= 15 is 0 Å². The fourth-order valence-corrected chi connectivity index (χ4v) is 4.73. The number of carboxylic acids is 1. The largest absolute Gasteiger partial charge is 0.481 e. The smallest absolute Gasteiger partial charge is 0.407 e. The number of esters is 1. The van der Waals surface area contributed by atoms with Gasteiger partial charge in [-0.1, -0.05) is 0 Å². The molecule has 1 fully saturated rings. The topological polar surface area (TPSA) is 101 Å². The maximum atomic E-state index is 13.2. The Balaban J connectivity index is 3.15. The lowest BCUT2D eigenvalue weighted by Gasteiger charge is -2.38. The first-order valence-electron chi connectivity index (χ1n) is 7.38. The van der Waals surface area contributed by atoms with Crippen molar-refractivity contribution in [1.82, 2.24) is 4.31 Å². The van der Waals surface area contributed by atoms with Crippen molar-refractivity contribution in [1.29, 1.82) is 0 Å². The molecule has 140 valence electrons. The van der Waals surface area contributed by atoms with Gasteiger partial charge in [0.05, 0.1) is 18.9 Å². The van der Waals surface area contributed by atoms with Crippen LogP contribution in [-0.4, -0.2) is 60.4 Å². The van der Waals surface area contributed by atoms with Crippen molar-refractivity contribution in [3.05, 3.63) is 0 Å². The molecule has 24 heavy (non-hydrogen) atoms. The van der Waals surface area contributed by atoms with Crippen molar-refractivity contribution in [2.45, 2.75) is 50.6 Å². The number of halogens is 3. The molecule has 0 aromatic heterocycles. The summed E-state index contributed by atoms with van der Waals surface area (Å²) in [7, 11) is -4.97. The first-order chi connectivity index (χ1) is 10.9.